The van der Waals surface area contributed by atoms with Crippen LogP contribution in [-0.4, -0.2) is 25.3 Å². The molecule has 0 amide bonds. The van der Waals surface area contributed by atoms with E-state index in [1.807, 2.05) is 25.1 Å². The van der Waals surface area contributed by atoms with Gasteiger partial charge in [0.1, 0.15) is 0 Å². The van der Waals surface area contributed by atoms with Gasteiger partial charge in [-0.05, 0) is 12.5 Å². The number of nitrogens with one attached hydrogen (secondary N) is 2. The van der Waals surface area contributed by atoms with Crippen LogP contribution < -0.4 is 10.6 Å². The van der Waals surface area contributed by atoms with Crippen LogP contribution in [-0.2, 0) is 11.3 Å². The molecule has 2 rings (SSSR count). The third-order valence-electron chi connectivity index (χ3n) is 2.35. The Bertz CT molecular complexity index is 351. The van der Waals surface area contributed by atoms with E-state index in [1.165, 1.54) is 5.56 Å². The minimum Gasteiger partial charge on any atom is -0.357 e. The Balaban J connectivity index is 1.79. The van der Waals surface area contributed by atoms with Crippen LogP contribution in [0.15, 0.2) is 35.3 Å². The van der Waals surface area contributed by atoms with Gasteiger partial charge in [0.15, 0.2) is 12.2 Å². The van der Waals surface area contributed by atoms with Crippen LogP contribution in [0.5, 0.6) is 0 Å². The summed E-state index contributed by atoms with van der Waals surface area (Å²) in [6, 6.07) is 10.1. The van der Waals surface area contributed by atoms with E-state index in [0.717, 1.165) is 19.0 Å². The molecule has 0 aliphatic carbocycles. The standard InChI is InChI=1S/C12H17N3O/c1-2-13-12-14-8-11(15-12)16-9-10-6-4-3-5-7-10/h3-7,11H,2,8-9H2,1H3,(H2,13,14,15). The predicted molar refractivity (Wildman–Crippen MR) is 64.1 cm³/mol. The fraction of sp³-hybridized carbons (Fsp3) is 0.417. The maximum atomic E-state index is 5.68. The molecule has 0 aromatic heterocycles. The molecule has 0 spiro atoms. The topological polar surface area (TPSA) is 45.7 Å². The van der Waals surface area contributed by atoms with E-state index < -0.39 is 0 Å². The number of rotatable bonds is 4. The van der Waals surface area contributed by atoms with Gasteiger partial charge in [-0.25, -0.2) is 4.99 Å². The van der Waals surface area contributed by atoms with E-state index in [1.54, 1.807) is 0 Å². The van der Waals surface area contributed by atoms with Gasteiger partial charge >= 0.3 is 0 Å². The zero-order valence-corrected chi connectivity index (χ0v) is 9.44. The van der Waals surface area contributed by atoms with Gasteiger partial charge in [0.25, 0.3) is 0 Å². The molecule has 2 N–H and O–H groups in total. The van der Waals surface area contributed by atoms with Gasteiger partial charge in [0, 0.05) is 6.54 Å². The van der Waals surface area contributed by atoms with Gasteiger partial charge in [-0.2, -0.15) is 0 Å². The summed E-state index contributed by atoms with van der Waals surface area (Å²) in [5.74, 6) is 0.834. The number of aliphatic imine (C=N–C) groups is 1. The van der Waals surface area contributed by atoms with Crippen molar-refractivity contribution in [2.24, 2.45) is 4.99 Å². The zero-order chi connectivity index (χ0) is 11.2. The van der Waals surface area contributed by atoms with E-state index >= 15 is 0 Å². The van der Waals surface area contributed by atoms with E-state index in [9.17, 15) is 0 Å². The van der Waals surface area contributed by atoms with Gasteiger partial charge in [0.2, 0.25) is 0 Å². The van der Waals surface area contributed by atoms with Crippen LogP contribution in [0.25, 0.3) is 0 Å². The molecule has 4 nitrogen and oxygen atoms in total. The van der Waals surface area contributed by atoms with Crippen molar-refractivity contribution in [1.29, 1.82) is 0 Å². The van der Waals surface area contributed by atoms with Crippen molar-refractivity contribution in [2.45, 2.75) is 19.8 Å². The monoisotopic (exact) mass is 219 g/mol. The SMILES string of the molecule is CCNC1=NC(OCc2ccccc2)CN1. The van der Waals surface area contributed by atoms with Crippen LogP contribution in [0.3, 0.4) is 0 Å². The summed E-state index contributed by atoms with van der Waals surface area (Å²) in [4.78, 5) is 4.37. The average molecular weight is 219 g/mol. The fourth-order valence-corrected chi connectivity index (χ4v) is 1.56. The molecule has 1 atom stereocenters. The Hall–Kier alpha value is -1.55. The van der Waals surface area contributed by atoms with Gasteiger partial charge in [0.05, 0.1) is 13.2 Å². The van der Waals surface area contributed by atoms with E-state index in [-0.39, 0.29) is 6.23 Å². The number of hydrogen-bond acceptors (Lipinski definition) is 4. The first-order valence-corrected chi connectivity index (χ1v) is 5.59. The molecule has 1 heterocycles. The fourth-order valence-electron chi connectivity index (χ4n) is 1.56. The zero-order valence-electron chi connectivity index (χ0n) is 9.44. The lowest BCUT2D eigenvalue weighted by Crippen LogP contribution is -2.33. The highest BCUT2D eigenvalue weighted by atomic mass is 16.5. The Labute approximate surface area is 95.7 Å². The van der Waals surface area contributed by atoms with Crippen LogP contribution >= 0.6 is 0 Å². The highest BCUT2D eigenvalue weighted by Crippen LogP contribution is 2.06. The van der Waals surface area contributed by atoms with Crippen molar-refractivity contribution in [3.8, 4) is 0 Å². The predicted octanol–water partition coefficient (Wildman–Crippen LogP) is 1.10. The molecule has 4 heteroatoms. The Kier molecular flexibility index (Phi) is 3.77. The van der Waals surface area contributed by atoms with Crippen molar-refractivity contribution in [3.05, 3.63) is 35.9 Å². The quantitative estimate of drug-likeness (QED) is 0.797. The largest absolute Gasteiger partial charge is 0.357 e. The van der Waals surface area contributed by atoms with Crippen LogP contribution in [0.2, 0.25) is 0 Å². The molecule has 16 heavy (non-hydrogen) atoms. The average Bonchev–Trinajstić information content (AvgIpc) is 2.76. The minimum absolute atomic E-state index is 0.0748. The van der Waals surface area contributed by atoms with Gasteiger partial charge < -0.3 is 15.4 Å². The molecule has 0 saturated carbocycles. The van der Waals surface area contributed by atoms with Crippen molar-refractivity contribution in [1.82, 2.24) is 10.6 Å². The molecular weight excluding hydrogens is 202 g/mol. The van der Waals surface area contributed by atoms with Crippen molar-refractivity contribution in [2.75, 3.05) is 13.1 Å². The first kappa shape index (κ1) is 11.0. The number of guanidine groups is 1. The third-order valence-corrected chi connectivity index (χ3v) is 2.35. The molecule has 0 bridgehead atoms. The molecule has 0 fully saturated rings. The first-order valence-electron chi connectivity index (χ1n) is 5.59. The second-order valence-electron chi connectivity index (χ2n) is 3.64. The second kappa shape index (κ2) is 5.51. The van der Waals surface area contributed by atoms with Crippen molar-refractivity contribution in [3.63, 3.8) is 0 Å². The van der Waals surface area contributed by atoms with Gasteiger partial charge in [-0.1, -0.05) is 30.3 Å². The molecule has 0 radical (unpaired) electrons. The second-order valence-corrected chi connectivity index (χ2v) is 3.64. The summed E-state index contributed by atoms with van der Waals surface area (Å²) >= 11 is 0. The third kappa shape index (κ3) is 2.97. The van der Waals surface area contributed by atoms with Crippen molar-refractivity contribution < 1.29 is 4.74 Å². The summed E-state index contributed by atoms with van der Waals surface area (Å²) in [6.45, 7) is 4.27. The normalized spacial score (nSPS) is 19.1. The lowest BCUT2D eigenvalue weighted by Gasteiger charge is -2.07. The van der Waals surface area contributed by atoms with Gasteiger partial charge in [-0.3, -0.25) is 0 Å². The minimum atomic E-state index is -0.0748. The summed E-state index contributed by atoms with van der Waals surface area (Å²) < 4.78 is 5.68. The molecular formula is C12H17N3O. The summed E-state index contributed by atoms with van der Waals surface area (Å²) in [6.07, 6.45) is -0.0748. The number of nitrogens with zero attached hydrogens (tertiary/aromatic N) is 1. The Morgan fingerprint density at radius 3 is 3.00 bits per heavy atom. The summed E-state index contributed by atoms with van der Waals surface area (Å²) in [5.41, 5.74) is 1.18. The number of ether oxygens (including phenoxy) is 1. The molecule has 0 saturated heterocycles. The maximum Gasteiger partial charge on any atom is 0.194 e. The lowest BCUT2D eigenvalue weighted by molar-refractivity contribution is 0.0556. The van der Waals surface area contributed by atoms with E-state index in [4.69, 9.17) is 4.74 Å². The highest BCUT2D eigenvalue weighted by Gasteiger charge is 2.16. The number of hydrogen-bond donors (Lipinski definition) is 2. The Morgan fingerprint density at radius 2 is 2.25 bits per heavy atom. The van der Waals surface area contributed by atoms with E-state index in [2.05, 4.69) is 27.8 Å². The van der Waals surface area contributed by atoms with Gasteiger partial charge in [-0.15, -0.1) is 0 Å². The lowest BCUT2D eigenvalue weighted by atomic mass is 10.2. The Morgan fingerprint density at radius 1 is 1.44 bits per heavy atom. The van der Waals surface area contributed by atoms with E-state index in [0.29, 0.717) is 6.61 Å². The number of benzene rings is 1. The molecule has 86 valence electrons. The first-order chi connectivity index (χ1) is 7.88. The van der Waals surface area contributed by atoms with Crippen LogP contribution in [0, 0.1) is 0 Å². The van der Waals surface area contributed by atoms with Crippen molar-refractivity contribution >= 4 is 5.96 Å². The highest BCUT2D eigenvalue weighted by molar-refractivity contribution is 5.81. The van der Waals surface area contributed by atoms with Crippen LogP contribution in [0.1, 0.15) is 12.5 Å². The summed E-state index contributed by atoms with van der Waals surface area (Å²) in [5, 5.41) is 6.29. The maximum absolute atomic E-state index is 5.68. The molecule has 1 aromatic carbocycles. The smallest absolute Gasteiger partial charge is 0.194 e. The molecule has 1 aliphatic rings. The molecule has 1 aromatic rings. The summed E-state index contributed by atoms with van der Waals surface area (Å²) in [7, 11) is 0. The van der Waals surface area contributed by atoms with Crippen LogP contribution in [0.4, 0.5) is 0 Å². The molecule has 1 unspecified atom stereocenters. The molecule has 1 aliphatic heterocycles.